The molecule has 0 atom stereocenters. The third-order valence-electron chi connectivity index (χ3n) is 2.89. The number of hydrogen-bond acceptors (Lipinski definition) is 4. The van der Waals surface area contributed by atoms with Crippen molar-refractivity contribution in [1.29, 1.82) is 0 Å². The Kier molecular flexibility index (Phi) is 2.79. The van der Waals surface area contributed by atoms with Crippen LogP contribution in [0.25, 0.3) is 11.1 Å². The normalized spacial score (nSPS) is 13.2. The summed E-state index contributed by atoms with van der Waals surface area (Å²) in [5.74, 6) is 1.11. The average Bonchev–Trinajstić information content (AvgIpc) is 2.46. The van der Waals surface area contributed by atoms with Gasteiger partial charge in [0.15, 0.2) is 6.61 Å². The van der Waals surface area contributed by atoms with Crippen molar-refractivity contribution in [3.63, 3.8) is 0 Å². The fourth-order valence-corrected chi connectivity index (χ4v) is 1.93. The van der Waals surface area contributed by atoms with Gasteiger partial charge in [-0.2, -0.15) is 0 Å². The average molecular weight is 256 g/mol. The molecule has 2 aromatic rings. The number of benzene rings is 1. The molecule has 0 spiro atoms. The van der Waals surface area contributed by atoms with E-state index >= 15 is 0 Å². The Morgan fingerprint density at radius 2 is 2.11 bits per heavy atom. The van der Waals surface area contributed by atoms with E-state index < -0.39 is 0 Å². The van der Waals surface area contributed by atoms with E-state index in [2.05, 4.69) is 10.3 Å². The van der Waals surface area contributed by atoms with Crippen LogP contribution in [0.3, 0.4) is 0 Å². The van der Waals surface area contributed by atoms with E-state index in [1.165, 1.54) is 0 Å². The van der Waals surface area contributed by atoms with Gasteiger partial charge < -0.3 is 14.8 Å². The van der Waals surface area contributed by atoms with Crippen molar-refractivity contribution in [3.05, 3.63) is 36.5 Å². The molecule has 1 aromatic carbocycles. The highest BCUT2D eigenvalue weighted by molar-refractivity contribution is 5.96. The highest BCUT2D eigenvalue weighted by Gasteiger charge is 2.16. The third-order valence-corrected chi connectivity index (χ3v) is 2.89. The lowest BCUT2D eigenvalue weighted by Gasteiger charge is -2.18. The summed E-state index contributed by atoms with van der Waals surface area (Å²) < 4.78 is 10.3. The van der Waals surface area contributed by atoms with Crippen molar-refractivity contribution in [2.45, 2.75) is 0 Å². The number of carbonyl (C=O) groups excluding carboxylic acids is 1. The van der Waals surface area contributed by atoms with Gasteiger partial charge in [0.05, 0.1) is 12.8 Å². The van der Waals surface area contributed by atoms with E-state index in [4.69, 9.17) is 9.47 Å². The van der Waals surface area contributed by atoms with E-state index in [0.717, 1.165) is 11.1 Å². The van der Waals surface area contributed by atoms with Gasteiger partial charge in [0.25, 0.3) is 5.91 Å². The molecule has 5 heteroatoms. The number of carbonyl (C=O) groups is 1. The fourth-order valence-electron chi connectivity index (χ4n) is 1.93. The Morgan fingerprint density at radius 1 is 1.26 bits per heavy atom. The molecule has 0 saturated heterocycles. The number of methoxy groups -OCH3 is 1. The van der Waals surface area contributed by atoms with Crippen LogP contribution in [0.2, 0.25) is 0 Å². The Bertz CT molecular complexity index is 623. The van der Waals surface area contributed by atoms with Gasteiger partial charge in [-0.3, -0.25) is 4.79 Å². The number of anilines is 1. The maximum absolute atomic E-state index is 11.3. The first-order valence-electron chi connectivity index (χ1n) is 5.83. The topological polar surface area (TPSA) is 60.5 Å². The van der Waals surface area contributed by atoms with Gasteiger partial charge in [0.2, 0.25) is 5.88 Å². The van der Waals surface area contributed by atoms with Crippen molar-refractivity contribution >= 4 is 11.6 Å². The summed E-state index contributed by atoms with van der Waals surface area (Å²) >= 11 is 0. The van der Waals surface area contributed by atoms with E-state index in [-0.39, 0.29) is 12.5 Å². The number of amides is 1. The molecule has 0 radical (unpaired) electrons. The standard InChI is InChI=1S/C14H12N2O3/c1-18-14-5-3-10(7-15-14)9-2-4-12-11(6-9)16-13(17)8-19-12/h2-7H,8H2,1H3,(H,16,17). The summed E-state index contributed by atoms with van der Waals surface area (Å²) in [7, 11) is 1.58. The van der Waals surface area contributed by atoms with Crippen molar-refractivity contribution in [2.24, 2.45) is 0 Å². The fraction of sp³-hybridized carbons (Fsp3) is 0.143. The zero-order valence-electron chi connectivity index (χ0n) is 10.3. The Labute approximate surface area is 110 Å². The quantitative estimate of drug-likeness (QED) is 0.893. The summed E-state index contributed by atoms with van der Waals surface area (Å²) in [6.45, 7) is 0.0659. The molecule has 96 valence electrons. The molecule has 3 rings (SSSR count). The predicted molar refractivity (Wildman–Crippen MR) is 70.3 cm³/mol. The van der Waals surface area contributed by atoms with Crippen LogP contribution in [0.4, 0.5) is 5.69 Å². The molecular formula is C14H12N2O3. The maximum atomic E-state index is 11.3. The van der Waals surface area contributed by atoms with E-state index in [1.807, 2.05) is 24.3 Å². The van der Waals surface area contributed by atoms with Crippen LogP contribution in [0.5, 0.6) is 11.6 Å². The van der Waals surface area contributed by atoms with E-state index in [1.54, 1.807) is 19.4 Å². The van der Waals surface area contributed by atoms with Crippen LogP contribution in [-0.4, -0.2) is 24.6 Å². The summed E-state index contributed by atoms with van der Waals surface area (Å²) in [5.41, 5.74) is 2.59. The molecule has 1 aromatic heterocycles. The lowest BCUT2D eigenvalue weighted by molar-refractivity contribution is -0.118. The number of hydrogen-bond donors (Lipinski definition) is 1. The number of aromatic nitrogens is 1. The van der Waals surface area contributed by atoms with Gasteiger partial charge in [0.1, 0.15) is 5.75 Å². The van der Waals surface area contributed by atoms with Crippen molar-refractivity contribution in [3.8, 4) is 22.8 Å². The van der Waals surface area contributed by atoms with Crippen LogP contribution in [-0.2, 0) is 4.79 Å². The molecule has 0 saturated carbocycles. The molecule has 0 aliphatic carbocycles. The highest BCUT2D eigenvalue weighted by Crippen LogP contribution is 2.32. The number of fused-ring (bicyclic) bond motifs is 1. The number of pyridine rings is 1. The second-order valence-corrected chi connectivity index (χ2v) is 4.14. The second kappa shape index (κ2) is 4.61. The summed E-state index contributed by atoms with van der Waals surface area (Å²) in [6.07, 6.45) is 1.73. The van der Waals surface area contributed by atoms with Gasteiger partial charge in [0, 0.05) is 17.8 Å². The highest BCUT2D eigenvalue weighted by atomic mass is 16.5. The number of nitrogens with zero attached hydrogens (tertiary/aromatic N) is 1. The van der Waals surface area contributed by atoms with Crippen LogP contribution in [0.1, 0.15) is 0 Å². The number of ether oxygens (including phenoxy) is 2. The first-order chi connectivity index (χ1) is 9.26. The van der Waals surface area contributed by atoms with Crippen molar-refractivity contribution in [1.82, 2.24) is 4.98 Å². The molecule has 0 fully saturated rings. The van der Waals surface area contributed by atoms with Crippen LogP contribution < -0.4 is 14.8 Å². The van der Waals surface area contributed by atoms with Gasteiger partial charge >= 0.3 is 0 Å². The Morgan fingerprint density at radius 3 is 2.84 bits per heavy atom. The zero-order valence-corrected chi connectivity index (χ0v) is 10.3. The molecular weight excluding hydrogens is 244 g/mol. The Hall–Kier alpha value is -2.56. The monoisotopic (exact) mass is 256 g/mol. The molecule has 1 aliphatic heterocycles. The first-order valence-corrected chi connectivity index (χ1v) is 5.83. The van der Waals surface area contributed by atoms with Gasteiger partial charge in [-0.05, 0) is 23.8 Å². The molecule has 1 amide bonds. The molecule has 0 bridgehead atoms. The number of nitrogens with one attached hydrogen (secondary N) is 1. The molecule has 1 N–H and O–H groups in total. The minimum atomic E-state index is -0.141. The molecule has 19 heavy (non-hydrogen) atoms. The van der Waals surface area contributed by atoms with E-state index in [0.29, 0.717) is 17.3 Å². The van der Waals surface area contributed by atoms with Gasteiger partial charge in [-0.25, -0.2) is 4.98 Å². The minimum Gasteiger partial charge on any atom is -0.482 e. The maximum Gasteiger partial charge on any atom is 0.262 e. The largest absolute Gasteiger partial charge is 0.482 e. The zero-order chi connectivity index (χ0) is 13.2. The van der Waals surface area contributed by atoms with Crippen LogP contribution in [0, 0.1) is 0 Å². The molecule has 1 aliphatic rings. The summed E-state index contributed by atoms with van der Waals surface area (Å²) in [4.78, 5) is 15.5. The lowest BCUT2D eigenvalue weighted by atomic mass is 10.1. The van der Waals surface area contributed by atoms with Gasteiger partial charge in [-0.1, -0.05) is 6.07 Å². The van der Waals surface area contributed by atoms with Crippen molar-refractivity contribution < 1.29 is 14.3 Å². The third kappa shape index (κ3) is 2.22. The second-order valence-electron chi connectivity index (χ2n) is 4.14. The first kappa shape index (κ1) is 11.5. The predicted octanol–water partition coefficient (Wildman–Crippen LogP) is 2.09. The van der Waals surface area contributed by atoms with E-state index in [9.17, 15) is 4.79 Å². The summed E-state index contributed by atoms with van der Waals surface area (Å²) in [5, 5.41) is 2.78. The Balaban J connectivity index is 1.96. The number of rotatable bonds is 2. The van der Waals surface area contributed by atoms with Gasteiger partial charge in [-0.15, -0.1) is 0 Å². The van der Waals surface area contributed by atoms with Crippen molar-refractivity contribution in [2.75, 3.05) is 19.0 Å². The molecule has 5 nitrogen and oxygen atoms in total. The van der Waals surface area contributed by atoms with Crippen LogP contribution >= 0.6 is 0 Å². The lowest BCUT2D eigenvalue weighted by Crippen LogP contribution is -2.25. The smallest absolute Gasteiger partial charge is 0.262 e. The SMILES string of the molecule is COc1ccc(-c2ccc3c(c2)NC(=O)CO3)cn1. The van der Waals surface area contributed by atoms with Crippen LogP contribution in [0.15, 0.2) is 36.5 Å². The molecule has 2 heterocycles. The molecule has 0 unspecified atom stereocenters. The minimum absolute atomic E-state index is 0.0659. The summed E-state index contributed by atoms with van der Waals surface area (Å²) in [6, 6.07) is 9.35.